The quantitative estimate of drug-likeness (QED) is 0.571. The van der Waals surface area contributed by atoms with Crippen molar-refractivity contribution in [2.75, 3.05) is 7.11 Å². The Morgan fingerprint density at radius 3 is 2.38 bits per heavy atom. The summed E-state index contributed by atoms with van der Waals surface area (Å²) in [7, 11) is 1.29. The molecule has 4 heteroatoms. The number of nitrogens with one attached hydrogen (secondary N) is 1. The Balaban J connectivity index is 4.34. The first-order valence-electron chi connectivity index (χ1n) is 5.08. The number of methoxy groups -OCH3 is 1. The molecule has 1 amide bonds. The maximum Gasteiger partial charge on any atom is 0.328 e. The minimum atomic E-state index is -0.624. The number of amides is 1. The molecule has 90 valence electrons. The molecule has 0 fully saturated rings. The average molecular weight is 225 g/mol. The van der Waals surface area contributed by atoms with Gasteiger partial charge in [-0.3, -0.25) is 4.79 Å². The Hall–Kier alpha value is -1.58. The van der Waals surface area contributed by atoms with Crippen LogP contribution in [0.4, 0.5) is 0 Å². The lowest BCUT2D eigenvalue weighted by atomic mass is 10.1. The smallest absolute Gasteiger partial charge is 0.328 e. The van der Waals surface area contributed by atoms with Gasteiger partial charge in [0.05, 0.1) is 13.5 Å². The van der Waals surface area contributed by atoms with Crippen molar-refractivity contribution >= 4 is 11.9 Å². The maximum atomic E-state index is 11.5. The van der Waals surface area contributed by atoms with Crippen molar-refractivity contribution in [3.05, 3.63) is 23.8 Å². The van der Waals surface area contributed by atoms with Gasteiger partial charge in [0, 0.05) is 0 Å². The van der Waals surface area contributed by atoms with Gasteiger partial charge in [-0.25, -0.2) is 4.79 Å². The predicted molar refractivity (Wildman–Crippen MR) is 62.8 cm³/mol. The third kappa shape index (κ3) is 4.77. The average Bonchev–Trinajstić information content (AvgIpc) is 2.23. The molecule has 0 saturated carbocycles. The summed E-state index contributed by atoms with van der Waals surface area (Å²) < 4.78 is 4.51. The summed E-state index contributed by atoms with van der Waals surface area (Å²) in [5, 5.41) is 2.55. The zero-order valence-electron chi connectivity index (χ0n) is 10.3. The molecule has 1 atom stereocenters. The van der Waals surface area contributed by atoms with E-state index < -0.39 is 12.0 Å². The number of allylic oxidation sites excluding steroid dienone is 2. The highest BCUT2D eigenvalue weighted by Crippen LogP contribution is 2.09. The van der Waals surface area contributed by atoms with Crippen LogP contribution in [0.25, 0.3) is 0 Å². The van der Waals surface area contributed by atoms with Gasteiger partial charge in [-0.2, -0.15) is 0 Å². The zero-order chi connectivity index (χ0) is 12.7. The Morgan fingerprint density at radius 1 is 1.44 bits per heavy atom. The fraction of sp³-hybridized carbons (Fsp3) is 0.500. The van der Waals surface area contributed by atoms with E-state index in [-0.39, 0.29) is 12.3 Å². The Kier molecular flexibility index (Phi) is 6.15. The Labute approximate surface area is 96.4 Å². The first-order valence-corrected chi connectivity index (χ1v) is 5.08. The minimum Gasteiger partial charge on any atom is -0.467 e. The summed E-state index contributed by atoms with van der Waals surface area (Å²) >= 11 is 0. The third-order valence-electron chi connectivity index (χ3n) is 2.17. The molecule has 0 aliphatic heterocycles. The SMILES string of the molecule is C=CC(CC(=O)NC(C)C(=O)OC)=C(C)C. The number of rotatable bonds is 5. The summed E-state index contributed by atoms with van der Waals surface area (Å²) in [6.07, 6.45) is 1.88. The maximum absolute atomic E-state index is 11.5. The largest absolute Gasteiger partial charge is 0.467 e. The van der Waals surface area contributed by atoms with Crippen LogP contribution in [0.15, 0.2) is 23.8 Å². The van der Waals surface area contributed by atoms with Gasteiger partial charge in [0.2, 0.25) is 5.91 Å². The van der Waals surface area contributed by atoms with E-state index in [1.165, 1.54) is 7.11 Å². The highest BCUT2D eigenvalue weighted by atomic mass is 16.5. The first-order chi connectivity index (χ1) is 7.42. The van der Waals surface area contributed by atoms with Gasteiger partial charge in [-0.1, -0.05) is 18.2 Å². The second-order valence-corrected chi connectivity index (χ2v) is 3.72. The third-order valence-corrected chi connectivity index (χ3v) is 2.17. The van der Waals surface area contributed by atoms with Crippen molar-refractivity contribution in [1.82, 2.24) is 5.32 Å². The number of esters is 1. The summed E-state index contributed by atoms with van der Waals surface area (Å²) in [5.74, 6) is -0.667. The number of hydrogen-bond acceptors (Lipinski definition) is 3. The summed E-state index contributed by atoms with van der Waals surface area (Å²) in [5.41, 5.74) is 1.91. The molecule has 0 aromatic heterocycles. The second kappa shape index (κ2) is 6.82. The van der Waals surface area contributed by atoms with Crippen molar-refractivity contribution < 1.29 is 14.3 Å². The molecule has 0 saturated heterocycles. The number of hydrogen-bond donors (Lipinski definition) is 1. The molecule has 4 nitrogen and oxygen atoms in total. The van der Waals surface area contributed by atoms with Gasteiger partial charge >= 0.3 is 5.97 Å². The molecule has 0 radical (unpaired) electrons. The van der Waals surface area contributed by atoms with Gasteiger partial charge in [0.25, 0.3) is 0 Å². The lowest BCUT2D eigenvalue weighted by Crippen LogP contribution is -2.39. The van der Waals surface area contributed by atoms with Crippen LogP contribution in [0.3, 0.4) is 0 Å². The van der Waals surface area contributed by atoms with Crippen molar-refractivity contribution in [1.29, 1.82) is 0 Å². The molecule has 0 spiro atoms. The molecular formula is C12H19NO3. The molecule has 1 unspecified atom stereocenters. The first kappa shape index (κ1) is 14.4. The van der Waals surface area contributed by atoms with Gasteiger partial charge < -0.3 is 10.1 Å². The highest BCUT2D eigenvalue weighted by Gasteiger charge is 2.15. The van der Waals surface area contributed by atoms with Crippen LogP contribution in [0.1, 0.15) is 27.2 Å². The molecule has 0 heterocycles. The molecule has 0 bridgehead atoms. The van der Waals surface area contributed by atoms with E-state index in [9.17, 15) is 9.59 Å². The van der Waals surface area contributed by atoms with Gasteiger partial charge in [-0.05, 0) is 26.3 Å². The molecule has 0 rings (SSSR count). The lowest BCUT2D eigenvalue weighted by Gasteiger charge is -2.12. The van der Waals surface area contributed by atoms with Crippen molar-refractivity contribution in [3.8, 4) is 0 Å². The van der Waals surface area contributed by atoms with Gasteiger partial charge in [-0.15, -0.1) is 0 Å². The van der Waals surface area contributed by atoms with Crippen LogP contribution in [0, 0.1) is 0 Å². The molecule has 1 N–H and O–H groups in total. The number of ether oxygens (including phenoxy) is 1. The van der Waals surface area contributed by atoms with Crippen LogP contribution in [0.2, 0.25) is 0 Å². The zero-order valence-corrected chi connectivity index (χ0v) is 10.3. The van der Waals surface area contributed by atoms with Crippen molar-refractivity contribution in [2.45, 2.75) is 33.2 Å². The predicted octanol–water partition coefficient (Wildman–Crippen LogP) is 1.58. The summed E-state index contributed by atoms with van der Waals surface area (Å²) in [6.45, 7) is 9.04. The van der Waals surface area contributed by atoms with Crippen LogP contribution in [0.5, 0.6) is 0 Å². The Morgan fingerprint density at radius 2 is 2.00 bits per heavy atom. The molecule has 0 aliphatic rings. The van der Waals surface area contributed by atoms with Crippen LogP contribution < -0.4 is 5.32 Å². The standard InChI is InChI=1S/C12H19NO3/c1-6-10(8(2)3)7-11(14)13-9(4)12(15)16-5/h6,9H,1,7H2,2-5H3,(H,13,14). The van der Waals surface area contributed by atoms with E-state index in [0.717, 1.165) is 11.1 Å². The molecule has 0 aliphatic carbocycles. The molecular weight excluding hydrogens is 206 g/mol. The van der Waals surface area contributed by atoms with Gasteiger partial charge in [0.1, 0.15) is 6.04 Å². The normalized spacial score (nSPS) is 11.2. The molecule has 16 heavy (non-hydrogen) atoms. The fourth-order valence-corrected chi connectivity index (χ4v) is 1.15. The number of carbonyl (C=O) groups excluding carboxylic acids is 2. The van der Waals surface area contributed by atoms with Crippen LogP contribution in [-0.4, -0.2) is 25.0 Å². The van der Waals surface area contributed by atoms with E-state index in [1.807, 2.05) is 13.8 Å². The monoisotopic (exact) mass is 225 g/mol. The fourth-order valence-electron chi connectivity index (χ4n) is 1.15. The second-order valence-electron chi connectivity index (χ2n) is 3.72. The Bertz CT molecular complexity index is 314. The van der Waals surface area contributed by atoms with Crippen LogP contribution in [-0.2, 0) is 14.3 Å². The van der Waals surface area contributed by atoms with Crippen molar-refractivity contribution in [2.24, 2.45) is 0 Å². The molecule has 0 aromatic rings. The van der Waals surface area contributed by atoms with E-state index >= 15 is 0 Å². The van der Waals surface area contributed by atoms with E-state index in [2.05, 4.69) is 16.6 Å². The van der Waals surface area contributed by atoms with E-state index in [1.54, 1.807) is 13.0 Å². The highest BCUT2D eigenvalue weighted by molar-refractivity contribution is 5.85. The van der Waals surface area contributed by atoms with Gasteiger partial charge in [0.15, 0.2) is 0 Å². The van der Waals surface area contributed by atoms with E-state index in [0.29, 0.717) is 0 Å². The number of carbonyl (C=O) groups is 2. The summed E-state index contributed by atoms with van der Waals surface area (Å²) in [6, 6.07) is -0.624. The topological polar surface area (TPSA) is 55.4 Å². The molecule has 0 aromatic carbocycles. The summed E-state index contributed by atoms with van der Waals surface area (Å²) in [4.78, 5) is 22.6. The van der Waals surface area contributed by atoms with E-state index in [4.69, 9.17) is 0 Å². The minimum absolute atomic E-state index is 0.214. The van der Waals surface area contributed by atoms with Crippen molar-refractivity contribution in [3.63, 3.8) is 0 Å². The lowest BCUT2D eigenvalue weighted by molar-refractivity contribution is -0.144. The van der Waals surface area contributed by atoms with Crippen LogP contribution >= 0.6 is 0 Å².